The zero-order valence-corrected chi connectivity index (χ0v) is 15.8. The van der Waals surface area contributed by atoms with E-state index < -0.39 is 36.3 Å². The maximum Gasteiger partial charge on any atom is 0.508 e. The molecule has 0 aromatic carbocycles. The highest BCUT2D eigenvalue weighted by Gasteiger charge is 2.18. The third kappa shape index (κ3) is 10.2. The maximum atomic E-state index is 12.7. The molecule has 0 heterocycles. The van der Waals surface area contributed by atoms with Crippen LogP contribution in [0.25, 0.3) is 0 Å². The van der Waals surface area contributed by atoms with Crippen LogP contribution < -0.4 is 0 Å². The first-order valence-corrected chi connectivity index (χ1v) is 8.16. The minimum atomic E-state index is -0.978. The van der Waals surface area contributed by atoms with Crippen LogP contribution in [0, 0.1) is 0 Å². The van der Waals surface area contributed by atoms with Gasteiger partial charge in [-0.3, -0.25) is 4.79 Å². The van der Waals surface area contributed by atoms with Crippen molar-refractivity contribution in [2.24, 2.45) is 0 Å². The van der Waals surface area contributed by atoms with E-state index in [2.05, 4.69) is 4.74 Å². The molecule has 0 bridgehead atoms. The van der Waals surface area contributed by atoms with E-state index in [0.717, 1.165) is 6.08 Å². The minimum absolute atomic E-state index is 0.122. The fraction of sp³-hybridized carbons (Fsp3) is 0.611. The van der Waals surface area contributed by atoms with Gasteiger partial charge in [-0.1, -0.05) is 0 Å². The molecule has 142 valence electrons. The Kier molecular flexibility index (Phi) is 8.58. The molecule has 0 saturated carbocycles. The van der Waals surface area contributed by atoms with Gasteiger partial charge in [0.1, 0.15) is 12.2 Å². The Hall–Kier alpha value is -2.31. The lowest BCUT2D eigenvalue weighted by Gasteiger charge is -2.20. The average Bonchev–Trinajstić information content (AvgIpc) is 2.57. The first kappa shape index (κ1) is 19.0. The number of nitrogens with zero attached hydrogens (tertiary/aromatic N) is 1. The lowest BCUT2D eigenvalue weighted by molar-refractivity contribution is -0.148. The topological polar surface area (TPSA) is 82.1 Å². The van der Waals surface area contributed by atoms with Crippen LogP contribution in [0.3, 0.4) is 0 Å². The second kappa shape index (κ2) is 11.3. The van der Waals surface area contributed by atoms with E-state index in [4.69, 9.17) is 12.2 Å². The Morgan fingerprint density at radius 1 is 1.08 bits per heavy atom. The molecule has 0 radical (unpaired) electrons. The van der Waals surface area contributed by atoms with Crippen molar-refractivity contribution < 1.29 is 31.3 Å². The fourth-order valence-corrected chi connectivity index (χ4v) is 1.65. The Labute approximate surface area is 152 Å². The van der Waals surface area contributed by atoms with Gasteiger partial charge in [0, 0.05) is 24.7 Å². The predicted octanol–water partition coefficient (Wildman–Crippen LogP) is 2.85. The lowest BCUT2D eigenvalue weighted by Crippen LogP contribution is -2.32. The van der Waals surface area contributed by atoms with Crippen molar-refractivity contribution in [3.8, 4) is 0 Å². The Bertz CT molecular complexity index is 603. The highest BCUT2D eigenvalue weighted by Crippen LogP contribution is 2.10. The summed E-state index contributed by atoms with van der Waals surface area (Å²) in [5.41, 5.74) is -1.14. The van der Waals surface area contributed by atoms with Crippen molar-refractivity contribution in [2.75, 3.05) is 26.3 Å². The van der Waals surface area contributed by atoms with Gasteiger partial charge >= 0.3 is 12.1 Å². The maximum absolute atomic E-state index is 12.7. The molecule has 0 aromatic heterocycles. The molecule has 0 spiro atoms. The van der Waals surface area contributed by atoms with Crippen LogP contribution in [0.4, 0.5) is 4.79 Å². The fourth-order valence-electron chi connectivity index (χ4n) is 1.65. The summed E-state index contributed by atoms with van der Waals surface area (Å²) < 4.78 is 30.4. The smallest absolute Gasteiger partial charge is 0.457 e. The molecule has 0 rings (SSSR count). The Morgan fingerprint density at radius 3 is 2.16 bits per heavy atom. The number of carbonyl (C=O) groups excluding carboxylic acids is 3. The molecule has 7 heteroatoms. The summed E-state index contributed by atoms with van der Waals surface area (Å²) in [4.78, 5) is 37.5. The lowest BCUT2D eigenvalue weighted by atomic mass is 10.1. The number of hydrogen-bond acceptors (Lipinski definition) is 6. The molecule has 0 aliphatic rings. The summed E-state index contributed by atoms with van der Waals surface area (Å²) in [6.45, 7) is 10.4. The van der Waals surface area contributed by atoms with Crippen LogP contribution in [0.5, 0.6) is 0 Å². The van der Waals surface area contributed by atoms with Crippen molar-refractivity contribution in [3.05, 3.63) is 23.8 Å². The molecule has 0 saturated heterocycles. The van der Waals surface area contributed by atoms with Crippen molar-refractivity contribution >= 4 is 18.0 Å². The van der Waals surface area contributed by atoms with Gasteiger partial charge in [-0.05, 0) is 53.7 Å². The number of esters is 1. The van der Waals surface area contributed by atoms with E-state index >= 15 is 0 Å². The van der Waals surface area contributed by atoms with Crippen LogP contribution in [-0.2, 0) is 23.8 Å². The molecule has 0 fully saturated rings. The van der Waals surface area contributed by atoms with Crippen molar-refractivity contribution in [2.45, 2.75) is 47.1 Å². The molecule has 1 amide bonds. The summed E-state index contributed by atoms with van der Waals surface area (Å²) >= 11 is 0. The average molecular weight is 357 g/mol. The summed E-state index contributed by atoms with van der Waals surface area (Å²) in [6.07, 6.45) is 0.0843. The van der Waals surface area contributed by atoms with E-state index in [0.29, 0.717) is 13.1 Å². The number of rotatable bonds is 8. The predicted molar refractivity (Wildman–Crippen MR) is 94.0 cm³/mol. The zero-order chi connectivity index (χ0) is 21.2. The van der Waals surface area contributed by atoms with E-state index in [9.17, 15) is 14.4 Å². The summed E-state index contributed by atoms with van der Waals surface area (Å²) in [6, 6.07) is -0.936. The summed E-state index contributed by atoms with van der Waals surface area (Å²) in [7, 11) is 0. The van der Waals surface area contributed by atoms with Crippen molar-refractivity contribution in [1.29, 1.82) is 0 Å². The summed E-state index contributed by atoms with van der Waals surface area (Å²) in [5, 5.41) is 0. The van der Waals surface area contributed by atoms with E-state index in [1.54, 1.807) is 41.5 Å². The molecule has 0 atom stereocenters. The third-order valence-electron chi connectivity index (χ3n) is 2.70. The van der Waals surface area contributed by atoms with Crippen LogP contribution in [-0.4, -0.2) is 54.8 Å². The number of ether oxygens (including phenoxy) is 3. The minimum Gasteiger partial charge on any atom is -0.457 e. The molecular formula is C18H29NO6. The van der Waals surface area contributed by atoms with Crippen molar-refractivity contribution in [3.63, 3.8) is 0 Å². The van der Waals surface area contributed by atoms with E-state index in [1.807, 2.05) is 0 Å². The van der Waals surface area contributed by atoms with Gasteiger partial charge in [0.25, 0.3) is 5.91 Å². The molecule has 7 nitrogen and oxygen atoms in total. The van der Waals surface area contributed by atoms with Crippen LogP contribution >= 0.6 is 0 Å². The Balaban J connectivity index is 5.75. The molecule has 0 aliphatic heterocycles. The highest BCUT2D eigenvalue weighted by molar-refractivity contribution is 6.01. The van der Waals surface area contributed by atoms with Crippen molar-refractivity contribution in [1.82, 2.24) is 4.90 Å². The standard InChI is InChI=1S/C18H29NO6/c1-7-19(8-2)16(21)14(13-15(20)25-18(4,5)6)11-10-12-24-17(22)23-9-3/h10-11,13H,7-9,12H2,1-6H3/b11-10+,14-13-/i10D,13D. The van der Waals surface area contributed by atoms with Gasteiger partial charge in [0.05, 0.1) is 9.35 Å². The first-order chi connectivity index (χ1) is 12.5. The Morgan fingerprint density at radius 2 is 1.68 bits per heavy atom. The number of amides is 1. The largest absolute Gasteiger partial charge is 0.508 e. The molecule has 0 N–H and O–H groups in total. The van der Waals surface area contributed by atoms with Crippen LogP contribution in [0.1, 0.15) is 44.3 Å². The molecule has 0 unspecified atom stereocenters. The molecule has 25 heavy (non-hydrogen) atoms. The molecule has 0 aromatic rings. The van der Waals surface area contributed by atoms with Crippen LogP contribution in [0.15, 0.2) is 23.8 Å². The van der Waals surface area contributed by atoms with Gasteiger partial charge in [-0.15, -0.1) is 0 Å². The van der Waals surface area contributed by atoms with Gasteiger partial charge < -0.3 is 19.1 Å². The van der Waals surface area contributed by atoms with E-state index in [1.165, 1.54) is 4.90 Å². The van der Waals surface area contributed by atoms with Gasteiger partial charge in [-0.2, -0.15) is 0 Å². The quantitative estimate of drug-likeness (QED) is 0.377. The molecule has 0 aliphatic carbocycles. The first-order valence-electron chi connectivity index (χ1n) is 9.16. The van der Waals surface area contributed by atoms with E-state index in [-0.39, 0.29) is 18.2 Å². The zero-order valence-electron chi connectivity index (χ0n) is 17.8. The van der Waals surface area contributed by atoms with Crippen LogP contribution in [0.2, 0.25) is 0 Å². The van der Waals surface area contributed by atoms with Gasteiger partial charge in [0.15, 0.2) is 0 Å². The third-order valence-corrected chi connectivity index (χ3v) is 2.70. The monoisotopic (exact) mass is 357 g/mol. The number of carbonyl (C=O) groups is 3. The SMILES string of the molecule is [2H]/C(C(=O)OC(C)(C)C)=C(\C=C(/[2H])COC(=O)OCC)C(=O)N(CC)CC. The second-order valence-electron chi connectivity index (χ2n) is 5.84. The normalized spacial score (nSPS) is 13.9. The van der Waals surface area contributed by atoms with Gasteiger partial charge in [0.2, 0.25) is 0 Å². The van der Waals surface area contributed by atoms with Gasteiger partial charge in [-0.25, -0.2) is 9.59 Å². The highest BCUT2D eigenvalue weighted by atomic mass is 16.7. The number of hydrogen-bond donors (Lipinski definition) is 0. The second-order valence-corrected chi connectivity index (χ2v) is 5.84. The molecular weight excluding hydrogens is 326 g/mol. The summed E-state index contributed by atoms with van der Waals surface area (Å²) in [5.74, 6) is -1.56. The number of likely N-dealkylation sites (N-methyl/N-ethyl adjacent to an activating group) is 1.